The number of aliphatic hydroxyl groups is 1. The van der Waals surface area contributed by atoms with Crippen LogP contribution >= 0.6 is 0 Å². The maximum absolute atomic E-state index is 9.30. The standard InChI is InChI=1S/C11H17NO2/c1-8(9(2)13)12-10-4-6-11(14-3)7-5-10/h4-9,12-13H,1-3H3/t8-,9+/m0/s1. The van der Waals surface area contributed by atoms with Gasteiger partial charge in [-0.25, -0.2) is 0 Å². The van der Waals surface area contributed by atoms with E-state index in [0.29, 0.717) is 0 Å². The molecule has 14 heavy (non-hydrogen) atoms. The molecule has 0 bridgehead atoms. The van der Waals surface area contributed by atoms with Crippen LogP contribution in [0.5, 0.6) is 5.75 Å². The summed E-state index contributed by atoms with van der Waals surface area (Å²) < 4.78 is 5.04. The van der Waals surface area contributed by atoms with Gasteiger partial charge in [0.05, 0.1) is 13.2 Å². The van der Waals surface area contributed by atoms with Gasteiger partial charge in [-0.15, -0.1) is 0 Å². The fourth-order valence-electron chi connectivity index (χ4n) is 1.07. The van der Waals surface area contributed by atoms with E-state index in [2.05, 4.69) is 5.32 Å². The average molecular weight is 195 g/mol. The maximum atomic E-state index is 9.30. The molecule has 1 rings (SSSR count). The third-order valence-corrected chi connectivity index (χ3v) is 2.21. The molecule has 0 aliphatic heterocycles. The van der Waals surface area contributed by atoms with Gasteiger partial charge in [-0.05, 0) is 38.1 Å². The van der Waals surface area contributed by atoms with E-state index in [1.165, 1.54) is 0 Å². The van der Waals surface area contributed by atoms with Crippen molar-refractivity contribution in [2.75, 3.05) is 12.4 Å². The molecule has 0 aliphatic rings. The van der Waals surface area contributed by atoms with Gasteiger partial charge < -0.3 is 15.2 Å². The quantitative estimate of drug-likeness (QED) is 0.770. The molecule has 0 aliphatic carbocycles. The van der Waals surface area contributed by atoms with Crippen LogP contribution in [0.4, 0.5) is 5.69 Å². The molecule has 0 amide bonds. The molecule has 78 valence electrons. The molecule has 0 radical (unpaired) electrons. The van der Waals surface area contributed by atoms with Gasteiger partial charge in [0.2, 0.25) is 0 Å². The van der Waals surface area contributed by atoms with Crippen LogP contribution in [0.25, 0.3) is 0 Å². The summed E-state index contributed by atoms with van der Waals surface area (Å²) >= 11 is 0. The topological polar surface area (TPSA) is 41.5 Å². The van der Waals surface area contributed by atoms with Gasteiger partial charge in [-0.2, -0.15) is 0 Å². The highest BCUT2D eigenvalue weighted by atomic mass is 16.5. The SMILES string of the molecule is COc1ccc(N[C@@H](C)[C@@H](C)O)cc1. The van der Waals surface area contributed by atoms with Crippen LogP contribution in [0.15, 0.2) is 24.3 Å². The fourth-order valence-corrected chi connectivity index (χ4v) is 1.07. The third kappa shape index (κ3) is 2.92. The molecule has 2 N–H and O–H groups in total. The Labute approximate surface area is 84.7 Å². The normalized spacial score (nSPS) is 14.6. The Morgan fingerprint density at radius 1 is 1.21 bits per heavy atom. The predicted molar refractivity (Wildman–Crippen MR) is 57.8 cm³/mol. The van der Waals surface area contributed by atoms with E-state index >= 15 is 0 Å². The van der Waals surface area contributed by atoms with Crippen LogP contribution in [0.3, 0.4) is 0 Å². The lowest BCUT2D eigenvalue weighted by Gasteiger charge is -2.17. The minimum atomic E-state index is -0.364. The zero-order valence-corrected chi connectivity index (χ0v) is 8.82. The molecule has 0 saturated heterocycles. The first-order valence-corrected chi connectivity index (χ1v) is 4.72. The first-order valence-electron chi connectivity index (χ1n) is 4.72. The second kappa shape index (κ2) is 4.86. The van der Waals surface area contributed by atoms with E-state index in [9.17, 15) is 5.11 Å². The summed E-state index contributed by atoms with van der Waals surface area (Å²) in [4.78, 5) is 0. The number of hydrogen-bond donors (Lipinski definition) is 2. The van der Waals surface area contributed by atoms with E-state index in [-0.39, 0.29) is 12.1 Å². The second-order valence-corrected chi connectivity index (χ2v) is 3.40. The van der Waals surface area contributed by atoms with Gasteiger partial charge in [-0.1, -0.05) is 0 Å². The number of ether oxygens (including phenoxy) is 1. The molecule has 1 aromatic carbocycles. The van der Waals surface area contributed by atoms with E-state index in [1.54, 1.807) is 14.0 Å². The molecule has 0 heterocycles. The smallest absolute Gasteiger partial charge is 0.119 e. The molecule has 3 heteroatoms. The van der Waals surface area contributed by atoms with Crippen molar-refractivity contribution < 1.29 is 9.84 Å². The molecular weight excluding hydrogens is 178 g/mol. The van der Waals surface area contributed by atoms with E-state index in [0.717, 1.165) is 11.4 Å². The lowest BCUT2D eigenvalue weighted by atomic mass is 10.2. The van der Waals surface area contributed by atoms with Crippen LogP contribution in [0.1, 0.15) is 13.8 Å². The van der Waals surface area contributed by atoms with Crippen molar-refractivity contribution in [2.24, 2.45) is 0 Å². The lowest BCUT2D eigenvalue weighted by molar-refractivity contribution is 0.178. The van der Waals surface area contributed by atoms with Crippen molar-refractivity contribution in [3.05, 3.63) is 24.3 Å². The third-order valence-electron chi connectivity index (χ3n) is 2.21. The minimum Gasteiger partial charge on any atom is -0.497 e. The summed E-state index contributed by atoms with van der Waals surface area (Å²) in [6.45, 7) is 3.70. The van der Waals surface area contributed by atoms with Crippen LogP contribution in [0.2, 0.25) is 0 Å². The monoisotopic (exact) mass is 195 g/mol. The highest BCUT2D eigenvalue weighted by Gasteiger charge is 2.07. The summed E-state index contributed by atoms with van der Waals surface area (Å²) in [5, 5.41) is 12.5. The molecule has 0 saturated carbocycles. The molecule has 3 nitrogen and oxygen atoms in total. The Bertz CT molecular complexity index is 269. The van der Waals surface area contributed by atoms with Crippen molar-refractivity contribution in [3.63, 3.8) is 0 Å². The zero-order valence-electron chi connectivity index (χ0n) is 8.82. The first-order chi connectivity index (χ1) is 6.63. The van der Waals surface area contributed by atoms with Gasteiger partial charge in [0.15, 0.2) is 0 Å². The highest BCUT2D eigenvalue weighted by Crippen LogP contribution is 2.16. The molecule has 1 aromatic rings. The van der Waals surface area contributed by atoms with E-state index < -0.39 is 0 Å². The predicted octanol–water partition coefficient (Wildman–Crippen LogP) is 1.88. The Balaban J connectivity index is 2.59. The number of aliphatic hydroxyl groups excluding tert-OH is 1. The number of hydrogen-bond acceptors (Lipinski definition) is 3. The average Bonchev–Trinajstić information content (AvgIpc) is 2.19. The van der Waals surface area contributed by atoms with E-state index in [4.69, 9.17) is 4.74 Å². The van der Waals surface area contributed by atoms with Crippen LogP contribution < -0.4 is 10.1 Å². The van der Waals surface area contributed by atoms with Gasteiger partial charge in [-0.3, -0.25) is 0 Å². The fraction of sp³-hybridized carbons (Fsp3) is 0.455. The van der Waals surface area contributed by atoms with Crippen molar-refractivity contribution >= 4 is 5.69 Å². The van der Waals surface area contributed by atoms with Crippen molar-refractivity contribution in [1.82, 2.24) is 0 Å². The second-order valence-electron chi connectivity index (χ2n) is 3.40. The molecular formula is C11H17NO2. The van der Waals surface area contributed by atoms with Crippen molar-refractivity contribution in [3.8, 4) is 5.75 Å². The van der Waals surface area contributed by atoms with Crippen molar-refractivity contribution in [2.45, 2.75) is 26.0 Å². The number of nitrogens with one attached hydrogen (secondary N) is 1. The number of anilines is 1. The molecule has 2 atom stereocenters. The summed E-state index contributed by atoms with van der Waals surface area (Å²) in [6, 6.07) is 7.67. The number of benzene rings is 1. The molecule has 0 aromatic heterocycles. The minimum absolute atomic E-state index is 0.0448. The maximum Gasteiger partial charge on any atom is 0.119 e. The van der Waals surface area contributed by atoms with Crippen LogP contribution in [0, 0.1) is 0 Å². The Morgan fingerprint density at radius 3 is 2.21 bits per heavy atom. The Kier molecular flexibility index (Phi) is 3.77. The molecule has 0 fully saturated rings. The van der Waals surface area contributed by atoms with Gasteiger partial charge in [0.1, 0.15) is 5.75 Å². The molecule has 0 unspecified atom stereocenters. The number of rotatable bonds is 4. The zero-order chi connectivity index (χ0) is 10.6. The van der Waals surface area contributed by atoms with Crippen molar-refractivity contribution in [1.29, 1.82) is 0 Å². The largest absolute Gasteiger partial charge is 0.497 e. The summed E-state index contributed by atoms with van der Waals surface area (Å²) in [7, 11) is 1.64. The van der Waals surface area contributed by atoms with Crippen LogP contribution in [-0.2, 0) is 0 Å². The summed E-state index contributed by atoms with van der Waals surface area (Å²) in [5.74, 6) is 0.834. The molecule has 0 spiro atoms. The highest BCUT2D eigenvalue weighted by molar-refractivity contribution is 5.47. The van der Waals surface area contributed by atoms with Gasteiger partial charge >= 0.3 is 0 Å². The Hall–Kier alpha value is -1.22. The van der Waals surface area contributed by atoms with Gasteiger partial charge in [0.25, 0.3) is 0 Å². The summed E-state index contributed by atoms with van der Waals surface area (Å²) in [5.41, 5.74) is 0.985. The first kappa shape index (κ1) is 10.9. The lowest BCUT2D eigenvalue weighted by Crippen LogP contribution is -2.27. The number of methoxy groups -OCH3 is 1. The van der Waals surface area contributed by atoms with Crippen LogP contribution in [-0.4, -0.2) is 24.4 Å². The van der Waals surface area contributed by atoms with E-state index in [1.807, 2.05) is 31.2 Å². The summed E-state index contributed by atoms with van der Waals surface area (Å²) in [6.07, 6.45) is -0.364. The van der Waals surface area contributed by atoms with Gasteiger partial charge in [0, 0.05) is 11.7 Å². The Morgan fingerprint density at radius 2 is 1.79 bits per heavy atom.